The topological polar surface area (TPSA) is 64.3 Å². The first-order chi connectivity index (χ1) is 9.26. The Morgan fingerprint density at radius 3 is 2.50 bits per heavy atom. The third-order valence-electron chi connectivity index (χ3n) is 2.62. The number of carbonyl (C=O) groups excluding carboxylic acids is 1. The lowest BCUT2D eigenvalue weighted by Gasteiger charge is -2.20. The van der Waals surface area contributed by atoms with E-state index in [0.29, 0.717) is 6.54 Å². The molecule has 0 aromatic heterocycles. The van der Waals surface area contributed by atoms with Crippen LogP contribution in [0.15, 0.2) is 24.3 Å². The standard InChI is InChI=1S/C15H23ClN2O2/c1-15(2,3)20-14(19)18-10-13(17)9-6-11-4-7-12(16)8-5-11/h4-5,7-8,13H,6,9-10,17H2,1-3H3,(H,18,19). The molecule has 1 aromatic carbocycles. The van der Waals surface area contributed by atoms with Gasteiger partial charge in [-0.1, -0.05) is 23.7 Å². The van der Waals surface area contributed by atoms with Crippen LogP contribution in [-0.4, -0.2) is 24.3 Å². The summed E-state index contributed by atoms with van der Waals surface area (Å²) in [6.07, 6.45) is 1.21. The molecule has 4 nitrogen and oxygen atoms in total. The smallest absolute Gasteiger partial charge is 0.407 e. The lowest BCUT2D eigenvalue weighted by Crippen LogP contribution is -2.40. The van der Waals surface area contributed by atoms with Crippen molar-refractivity contribution in [1.82, 2.24) is 5.32 Å². The van der Waals surface area contributed by atoms with Crippen LogP contribution in [0.25, 0.3) is 0 Å². The molecule has 1 unspecified atom stereocenters. The molecule has 0 saturated heterocycles. The summed E-state index contributed by atoms with van der Waals surface area (Å²) < 4.78 is 5.14. The van der Waals surface area contributed by atoms with Crippen LogP contribution in [0.1, 0.15) is 32.8 Å². The first kappa shape index (κ1) is 16.8. The molecular weight excluding hydrogens is 276 g/mol. The maximum absolute atomic E-state index is 11.5. The highest BCUT2D eigenvalue weighted by Crippen LogP contribution is 2.11. The van der Waals surface area contributed by atoms with E-state index in [-0.39, 0.29) is 6.04 Å². The summed E-state index contributed by atoms with van der Waals surface area (Å²) in [5, 5.41) is 3.40. The van der Waals surface area contributed by atoms with E-state index in [1.807, 2.05) is 45.0 Å². The number of rotatable bonds is 5. The molecule has 1 atom stereocenters. The Labute approximate surface area is 125 Å². The van der Waals surface area contributed by atoms with E-state index >= 15 is 0 Å². The number of hydrogen-bond donors (Lipinski definition) is 2. The van der Waals surface area contributed by atoms with Gasteiger partial charge in [0.15, 0.2) is 0 Å². The normalized spacial score (nSPS) is 12.8. The van der Waals surface area contributed by atoms with Gasteiger partial charge in [0.05, 0.1) is 0 Å². The molecule has 1 amide bonds. The highest BCUT2D eigenvalue weighted by molar-refractivity contribution is 6.30. The number of halogens is 1. The Morgan fingerprint density at radius 1 is 1.35 bits per heavy atom. The Morgan fingerprint density at radius 2 is 1.95 bits per heavy atom. The monoisotopic (exact) mass is 298 g/mol. The predicted molar refractivity (Wildman–Crippen MR) is 82.0 cm³/mol. The molecular formula is C15H23ClN2O2. The zero-order chi connectivity index (χ0) is 15.2. The van der Waals surface area contributed by atoms with Gasteiger partial charge in [-0.3, -0.25) is 0 Å². The van der Waals surface area contributed by atoms with Crippen LogP contribution in [0.4, 0.5) is 4.79 Å². The van der Waals surface area contributed by atoms with Gasteiger partial charge in [0.25, 0.3) is 0 Å². The fourth-order valence-electron chi connectivity index (χ4n) is 1.63. The minimum absolute atomic E-state index is 0.0989. The number of benzene rings is 1. The summed E-state index contributed by atoms with van der Waals surface area (Å²) in [4.78, 5) is 11.5. The molecule has 0 spiro atoms. The Kier molecular flexibility index (Phi) is 6.30. The summed E-state index contributed by atoms with van der Waals surface area (Å²) >= 11 is 5.83. The first-order valence-corrected chi connectivity index (χ1v) is 7.11. The van der Waals surface area contributed by atoms with Gasteiger partial charge in [0, 0.05) is 17.6 Å². The molecule has 5 heteroatoms. The molecule has 0 aliphatic carbocycles. The maximum atomic E-state index is 11.5. The molecule has 0 radical (unpaired) electrons. The summed E-state index contributed by atoms with van der Waals surface area (Å²) in [6, 6.07) is 7.59. The molecule has 1 rings (SSSR count). The van der Waals surface area contributed by atoms with E-state index < -0.39 is 11.7 Å². The van der Waals surface area contributed by atoms with Crippen LogP contribution in [0.5, 0.6) is 0 Å². The molecule has 0 heterocycles. The highest BCUT2D eigenvalue weighted by Gasteiger charge is 2.16. The quantitative estimate of drug-likeness (QED) is 0.878. The van der Waals surface area contributed by atoms with Crippen molar-refractivity contribution in [1.29, 1.82) is 0 Å². The second kappa shape index (κ2) is 7.50. The average molecular weight is 299 g/mol. The number of nitrogens with two attached hydrogens (primary N) is 1. The van der Waals surface area contributed by atoms with Crippen molar-refractivity contribution in [2.75, 3.05) is 6.54 Å². The number of alkyl carbamates (subject to hydrolysis) is 1. The van der Waals surface area contributed by atoms with Gasteiger partial charge in [-0.05, 0) is 51.3 Å². The van der Waals surface area contributed by atoms with Crippen LogP contribution in [0.2, 0.25) is 5.02 Å². The van der Waals surface area contributed by atoms with Gasteiger partial charge >= 0.3 is 6.09 Å². The van der Waals surface area contributed by atoms with Gasteiger partial charge in [-0.15, -0.1) is 0 Å². The Balaban J connectivity index is 2.25. The van der Waals surface area contributed by atoms with E-state index in [1.54, 1.807) is 0 Å². The van der Waals surface area contributed by atoms with E-state index in [1.165, 1.54) is 5.56 Å². The second-order valence-corrected chi connectivity index (χ2v) is 6.24. The van der Waals surface area contributed by atoms with Crippen molar-refractivity contribution in [2.24, 2.45) is 5.73 Å². The minimum Gasteiger partial charge on any atom is -0.444 e. The van der Waals surface area contributed by atoms with E-state index in [9.17, 15) is 4.79 Å². The van der Waals surface area contributed by atoms with Crippen molar-refractivity contribution in [3.63, 3.8) is 0 Å². The van der Waals surface area contributed by atoms with Crippen molar-refractivity contribution in [2.45, 2.75) is 45.3 Å². The average Bonchev–Trinajstić information content (AvgIpc) is 2.33. The van der Waals surface area contributed by atoms with Gasteiger partial charge < -0.3 is 15.8 Å². The van der Waals surface area contributed by atoms with E-state index in [0.717, 1.165) is 17.9 Å². The zero-order valence-corrected chi connectivity index (χ0v) is 13.0. The van der Waals surface area contributed by atoms with Gasteiger partial charge in [0.1, 0.15) is 5.60 Å². The predicted octanol–water partition coefficient (Wildman–Crippen LogP) is 3.12. The van der Waals surface area contributed by atoms with Gasteiger partial charge in [-0.2, -0.15) is 0 Å². The fraction of sp³-hybridized carbons (Fsp3) is 0.533. The van der Waals surface area contributed by atoms with Crippen LogP contribution in [0.3, 0.4) is 0 Å². The van der Waals surface area contributed by atoms with Crippen LogP contribution in [0, 0.1) is 0 Å². The molecule has 0 saturated carbocycles. The van der Waals surface area contributed by atoms with Crippen LogP contribution < -0.4 is 11.1 Å². The number of amides is 1. The van der Waals surface area contributed by atoms with E-state index in [2.05, 4.69) is 5.32 Å². The van der Waals surface area contributed by atoms with Crippen molar-refractivity contribution in [3.8, 4) is 0 Å². The minimum atomic E-state index is -0.489. The number of nitrogens with one attached hydrogen (secondary N) is 1. The molecule has 0 bridgehead atoms. The van der Waals surface area contributed by atoms with E-state index in [4.69, 9.17) is 22.1 Å². The Hall–Kier alpha value is -1.26. The van der Waals surface area contributed by atoms with Gasteiger partial charge in [0.2, 0.25) is 0 Å². The lowest BCUT2D eigenvalue weighted by molar-refractivity contribution is 0.0524. The second-order valence-electron chi connectivity index (χ2n) is 5.81. The first-order valence-electron chi connectivity index (χ1n) is 6.73. The molecule has 1 aromatic rings. The molecule has 112 valence electrons. The van der Waals surface area contributed by atoms with Crippen molar-refractivity contribution < 1.29 is 9.53 Å². The molecule has 20 heavy (non-hydrogen) atoms. The zero-order valence-electron chi connectivity index (χ0n) is 12.3. The number of carbonyl (C=O) groups is 1. The van der Waals surface area contributed by atoms with Crippen LogP contribution >= 0.6 is 11.6 Å². The maximum Gasteiger partial charge on any atom is 0.407 e. The van der Waals surface area contributed by atoms with Crippen molar-refractivity contribution >= 4 is 17.7 Å². The largest absolute Gasteiger partial charge is 0.444 e. The summed E-state index contributed by atoms with van der Waals surface area (Å²) in [5.74, 6) is 0. The third-order valence-corrected chi connectivity index (χ3v) is 2.88. The third kappa shape index (κ3) is 7.36. The summed E-state index contributed by atoms with van der Waals surface area (Å²) in [5.41, 5.74) is 6.66. The number of ether oxygens (including phenoxy) is 1. The highest BCUT2D eigenvalue weighted by atomic mass is 35.5. The number of aryl methyl sites for hydroxylation is 1. The molecule has 3 N–H and O–H groups in total. The fourth-order valence-corrected chi connectivity index (χ4v) is 1.76. The SMILES string of the molecule is CC(C)(C)OC(=O)NCC(N)CCc1ccc(Cl)cc1. The van der Waals surface area contributed by atoms with Crippen LogP contribution in [-0.2, 0) is 11.2 Å². The van der Waals surface area contributed by atoms with Crippen molar-refractivity contribution in [3.05, 3.63) is 34.9 Å². The molecule has 0 fully saturated rings. The lowest BCUT2D eigenvalue weighted by atomic mass is 10.1. The molecule has 0 aliphatic rings. The summed E-state index contributed by atoms with van der Waals surface area (Å²) in [6.45, 7) is 5.88. The van der Waals surface area contributed by atoms with Gasteiger partial charge in [-0.25, -0.2) is 4.79 Å². The molecule has 0 aliphatic heterocycles. The number of hydrogen-bond acceptors (Lipinski definition) is 3. The summed E-state index contributed by atoms with van der Waals surface area (Å²) in [7, 11) is 0. The Bertz CT molecular complexity index is 426.